The van der Waals surface area contributed by atoms with Gasteiger partial charge < -0.3 is 9.72 Å². The molecule has 1 aromatic heterocycles. The van der Waals surface area contributed by atoms with Crippen molar-refractivity contribution in [3.8, 4) is 5.75 Å². The average Bonchev–Trinajstić information content (AvgIpc) is 3.00. The zero-order valence-electron chi connectivity index (χ0n) is 12.7. The van der Waals surface area contributed by atoms with Crippen molar-refractivity contribution in [2.75, 3.05) is 6.61 Å². The van der Waals surface area contributed by atoms with Gasteiger partial charge in [-0.05, 0) is 28.5 Å². The predicted molar refractivity (Wildman–Crippen MR) is 101 cm³/mol. The Morgan fingerprint density at radius 1 is 0.917 bits per heavy atom. The molecule has 1 N–H and O–H groups in total. The molecule has 0 fully saturated rings. The summed E-state index contributed by atoms with van der Waals surface area (Å²) in [4.78, 5) is 3.07. The van der Waals surface area contributed by atoms with Gasteiger partial charge in [-0.15, -0.1) is 0 Å². The van der Waals surface area contributed by atoms with Crippen LogP contribution in [0.4, 0.5) is 0 Å². The first kappa shape index (κ1) is 15.4. The Kier molecular flexibility index (Phi) is 4.09. The van der Waals surface area contributed by atoms with Crippen LogP contribution in [0, 0.1) is 6.42 Å². The summed E-state index contributed by atoms with van der Waals surface area (Å²) < 4.78 is 5.91. The molecule has 4 rings (SSSR count). The van der Waals surface area contributed by atoms with Gasteiger partial charge in [-0.1, -0.05) is 65.7 Å². The Morgan fingerprint density at radius 2 is 1.75 bits per heavy atom. The van der Waals surface area contributed by atoms with Crippen LogP contribution in [0.15, 0.2) is 60.8 Å². The van der Waals surface area contributed by atoms with Gasteiger partial charge in [0.15, 0.2) is 0 Å². The van der Waals surface area contributed by atoms with Crippen molar-refractivity contribution in [2.24, 2.45) is 0 Å². The third-order valence-electron chi connectivity index (χ3n) is 4.03. The molecule has 2 nitrogen and oxygen atoms in total. The molecule has 0 spiro atoms. The number of halogens is 2. The van der Waals surface area contributed by atoms with Gasteiger partial charge in [-0.25, -0.2) is 0 Å². The van der Waals surface area contributed by atoms with Crippen molar-refractivity contribution in [1.29, 1.82) is 0 Å². The molecule has 0 atom stereocenters. The monoisotopic (exact) mass is 354 g/mol. The maximum absolute atomic E-state index is 6.23. The van der Waals surface area contributed by atoms with Crippen LogP contribution < -0.4 is 4.74 Å². The quantitative estimate of drug-likeness (QED) is 0.459. The number of ether oxygens (including phenoxy) is 1. The first-order valence-electron chi connectivity index (χ1n) is 7.62. The lowest BCUT2D eigenvalue weighted by Gasteiger charge is -2.09. The number of hydrogen-bond acceptors (Lipinski definition) is 1. The van der Waals surface area contributed by atoms with Gasteiger partial charge in [-0.3, -0.25) is 0 Å². The van der Waals surface area contributed by atoms with Gasteiger partial charge >= 0.3 is 0 Å². The van der Waals surface area contributed by atoms with Gasteiger partial charge in [0.2, 0.25) is 0 Å². The molecule has 4 heteroatoms. The van der Waals surface area contributed by atoms with Crippen molar-refractivity contribution < 1.29 is 4.74 Å². The van der Waals surface area contributed by atoms with E-state index in [0.29, 0.717) is 16.7 Å². The summed E-state index contributed by atoms with van der Waals surface area (Å²) in [6, 6.07) is 18.3. The second-order valence-electron chi connectivity index (χ2n) is 5.55. The maximum Gasteiger partial charge on any atom is 0.130 e. The minimum Gasteiger partial charge on any atom is -0.492 e. The predicted octanol–water partition coefficient (Wildman–Crippen LogP) is 6.26. The van der Waals surface area contributed by atoms with E-state index >= 15 is 0 Å². The molecule has 0 saturated heterocycles. The van der Waals surface area contributed by atoms with Gasteiger partial charge in [0, 0.05) is 12.6 Å². The molecule has 0 amide bonds. The number of H-pyrrole nitrogens is 1. The Bertz CT molecular complexity index is 1020. The van der Waals surface area contributed by atoms with Gasteiger partial charge in [0.25, 0.3) is 0 Å². The van der Waals surface area contributed by atoms with Crippen molar-refractivity contribution in [3.63, 3.8) is 0 Å². The molecule has 119 valence electrons. The lowest BCUT2D eigenvalue weighted by Crippen LogP contribution is -1.99. The lowest BCUT2D eigenvalue weighted by atomic mass is 10.1. The van der Waals surface area contributed by atoms with Crippen LogP contribution in [-0.4, -0.2) is 11.6 Å². The van der Waals surface area contributed by atoms with Crippen LogP contribution in [0.3, 0.4) is 0 Å². The maximum atomic E-state index is 6.23. The van der Waals surface area contributed by atoms with Crippen LogP contribution in [0.5, 0.6) is 5.75 Å². The van der Waals surface area contributed by atoms with E-state index in [1.165, 1.54) is 10.8 Å². The van der Waals surface area contributed by atoms with E-state index in [0.717, 1.165) is 22.2 Å². The second-order valence-corrected chi connectivity index (χ2v) is 6.37. The molecule has 4 aromatic rings. The summed E-state index contributed by atoms with van der Waals surface area (Å²) in [6.07, 6.45) is 3.77. The van der Waals surface area contributed by atoms with Gasteiger partial charge in [0.05, 0.1) is 27.6 Å². The number of nitrogens with one attached hydrogen (secondary N) is 1. The van der Waals surface area contributed by atoms with Gasteiger partial charge in [-0.2, -0.15) is 0 Å². The highest BCUT2D eigenvalue weighted by molar-refractivity contribution is 6.40. The molecular formula is C20H14Cl2NO. The van der Waals surface area contributed by atoms with Crippen LogP contribution in [-0.2, 0) is 0 Å². The largest absolute Gasteiger partial charge is 0.492 e. The topological polar surface area (TPSA) is 25.0 Å². The van der Waals surface area contributed by atoms with Crippen molar-refractivity contribution in [3.05, 3.63) is 82.8 Å². The number of benzene rings is 3. The fourth-order valence-corrected chi connectivity index (χ4v) is 3.28. The zero-order chi connectivity index (χ0) is 16.5. The fourth-order valence-electron chi connectivity index (χ4n) is 2.83. The molecule has 0 aliphatic carbocycles. The third kappa shape index (κ3) is 2.83. The SMILES string of the molecule is Clc1ccc(OC[CH]c2ccc3ccccc3c2)c2c(Cl)c[nH]c12. The van der Waals surface area contributed by atoms with E-state index in [9.17, 15) is 0 Å². The lowest BCUT2D eigenvalue weighted by molar-refractivity contribution is 0.356. The fraction of sp³-hybridized carbons (Fsp3) is 0.0500. The molecule has 1 radical (unpaired) electrons. The van der Waals surface area contributed by atoms with Crippen molar-refractivity contribution in [2.45, 2.75) is 0 Å². The summed E-state index contributed by atoms with van der Waals surface area (Å²) in [7, 11) is 0. The van der Waals surface area contributed by atoms with Crippen molar-refractivity contribution >= 4 is 44.9 Å². The van der Waals surface area contributed by atoms with E-state index in [1.54, 1.807) is 6.20 Å². The Hall–Kier alpha value is -2.16. The van der Waals surface area contributed by atoms with E-state index in [4.69, 9.17) is 27.9 Å². The van der Waals surface area contributed by atoms with E-state index < -0.39 is 0 Å². The summed E-state index contributed by atoms with van der Waals surface area (Å²) in [6.45, 7) is 0.455. The first-order chi connectivity index (χ1) is 11.7. The molecule has 1 heterocycles. The van der Waals surface area contributed by atoms with Crippen LogP contribution in [0.1, 0.15) is 5.56 Å². The van der Waals surface area contributed by atoms with E-state index in [2.05, 4.69) is 35.3 Å². The smallest absolute Gasteiger partial charge is 0.130 e. The molecular weight excluding hydrogens is 341 g/mol. The normalized spacial score (nSPS) is 11.2. The van der Waals surface area contributed by atoms with Gasteiger partial charge in [0.1, 0.15) is 5.75 Å². The molecule has 3 aromatic carbocycles. The highest BCUT2D eigenvalue weighted by atomic mass is 35.5. The van der Waals surface area contributed by atoms with E-state index in [-0.39, 0.29) is 0 Å². The minimum absolute atomic E-state index is 0.455. The molecule has 0 bridgehead atoms. The van der Waals surface area contributed by atoms with Crippen LogP contribution >= 0.6 is 23.2 Å². The number of hydrogen-bond donors (Lipinski definition) is 1. The third-order valence-corrected chi connectivity index (χ3v) is 4.64. The second kappa shape index (κ2) is 6.39. The number of fused-ring (bicyclic) bond motifs is 2. The molecule has 0 aliphatic heterocycles. The summed E-state index contributed by atoms with van der Waals surface area (Å²) >= 11 is 12.4. The molecule has 0 unspecified atom stereocenters. The minimum atomic E-state index is 0.455. The van der Waals surface area contributed by atoms with Crippen LogP contribution in [0.25, 0.3) is 21.7 Å². The summed E-state index contributed by atoms with van der Waals surface area (Å²) in [5.41, 5.74) is 1.92. The number of aromatic amines is 1. The highest BCUT2D eigenvalue weighted by Crippen LogP contribution is 2.36. The number of aromatic nitrogens is 1. The zero-order valence-corrected chi connectivity index (χ0v) is 14.2. The standard InChI is InChI=1S/C20H14Cl2NO/c21-16-7-8-18(19-17(22)12-23-20(16)19)24-10-9-13-5-6-14-3-1-2-4-15(14)11-13/h1-9,11-12,23H,10H2. The Morgan fingerprint density at radius 3 is 2.62 bits per heavy atom. The highest BCUT2D eigenvalue weighted by Gasteiger charge is 2.11. The molecule has 0 aliphatic rings. The number of rotatable bonds is 4. The Labute approximate surface area is 150 Å². The molecule has 24 heavy (non-hydrogen) atoms. The average molecular weight is 355 g/mol. The van der Waals surface area contributed by atoms with E-state index in [1.807, 2.05) is 30.7 Å². The van der Waals surface area contributed by atoms with Crippen molar-refractivity contribution in [1.82, 2.24) is 4.98 Å². The first-order valence-corrected chi connectivity index (χ1v) is 8.38. The van der Waals surface area contributed by atoms with Crippen LogP contribution in [0.2, 0.25) is 10.0 Å². The summed E-state index contributed by atoms with van der Waals surface area (Å²) in [5, 5.41) is 4.50. The summed E-state index contributed by atoms with van der Waals surface area (Å²) in [5.74, 6) is 0.720. The molecule has 0 saturated carbocycles. The Balaban J connectivity index is 1.53.